The van der Waals surface area contributed by atoms with Crippen molar-refractivity contribution in [2.24, 2.45) is 4.99 Å². The Morgan fingerprint density at radius 3 is 3.00 bits per heavy atom. The molecule has 1 aliphatic heterocycles. The maximum absolute atomic E-state index is 9.01. The first-order valence-corrected chi connectivity index (χ1v) is 3.06. The van der Waals surface area contributed by atoms with Crippen molar-refractivity contribution in [2.45, 2.75) is 13.1 Å². The average molecular weight is 142 g/mol. The van der Waals surface area contributed by atoms with Gasteiger partial charge in [-0.15, -0.1) is 0 Å². The molecule has 4 heteroatoms. The Hall–Kier alpha value is -0.870. The molecule has 10 heavy (non-hydrogen) atoms. The minimum absolute atomic E-state index is 0.0900. The Morgan fingerprint density at radius 2 is 2.50 bits per heavy atom. The highest BCUT2D eigenvalue weighted by Crippen LogP contribution is 2.05. The van der Waals surface area contributed by atoms with Crippen LogP contribution in [0.1, 0.15) is 6.92 Å². The number of hydrogen-bond donors (Lipinski definition) is 2. The molecule has 0 aromatic carbocycles. The summed E-state index contributed by atoms with van der Waals surface area (Å²) >= 11 is 0. The molecule has 1 unspecified atom stereocenters. The molecule has 1 atom stereocenters. The molecule has 0 radical (unpaired) electrons. The van der Waals surface area contributed by atoms with E-state index in [-0.39, 0.29) is 12.8 Å². The van der Waals surface area contributed by atoms with Crippen LogP contribution in [0.4, 0.5) is 0 Å². The van der Waals surface area contributed by atoms with Gasteiger partial charge < -0.3 is 5.11 Å². The van der Waals surface area contributed by atoms with Crippen LogP contribution < -0.4 is 0 Å². The first-order chi connectivity index (χ1) is 4.74. The van der Waals surface area contributed by atoms with Gasteiger partial charge in [0.2, 0.25) is 0 Å². The van der Waals surface area contributed by atoms with E-state index in [1.165, 1.54) is 6.20 Å². The van der Waals surface area contributed by atoms with E-state index in [4.69, 9.17) is 10.3 Å². The van der Waals surface area contributed by atoms with Gasteiger partial charge in [-0.3, -0.25) is 10.2 Å². The lowest BCUT2D eigenvalue weighted by molar-refractivity contribution is -0.0728. The lowest BCUT2D eigenvalue weighted by atomic mass is 10.3. The highest BCUT2D eigenvalue weighted by Gasteiger charge is 2.09. The molecule has 1 aliphatic rings. The fourth-order valence-electron chi connectivity index (χ4n) is 0.665. The van der Waals surface area contributed by atoms with Crippen LogP contribution in [0.3, 0.4) is 0 Å². The minimum atomic E-state index is -0.240. The Balaban J connectivity index is 2.66. The highest BCUT2D eigenvalue weighted by molar-refractivity contribution is 5.79. The number of hydroxylamine groups is 2. The molecule has 0 bridgehead atoms. The van der Waals surface area contributed by atoms with E-state index in [9.17, 15) is 0 Å². The molecule has 2 N–H and O–H groups in total. The third-order valence-corrected chi connectivity index (χ3v) is 1.32. The van der Waals surface area contributed by atoms with E-state index >= 15 is 0 Å². The van der Waals surface area contributed by atoms with Gasteiger partial charge >= 0.3 is 0 Å². The second-order valence-electron chi connectivity index (χ2n) is 2.15. The number of aliphatic imine (C=N–C) groups is 1. The molecule has 0 aromatic rings. The number of aliphatic hydroxyl groups excluding tert-OH is 1. The van der Waals surface area contributed by atoms with Gasteiger partial charge in [-0.05, 0) is 6.92 Å². The third kappa shape index (κ3) is 1.34. The first kappa shape index (κ1) is 7.24. The maximum Gasteiger partial charge on any atom is 0.142 e. The van der Waals surface area contributed by atoms with Crippen molar-refractivity contribution in [3.63, 3.8) is 0 Å². The van der Waals surface area contributed by atoms with E-state index in [0.717, 1.165) is 5.06 Å². The fourth-order valence-corrected chi connectivity index (χ4v) is 0.665. The predicted molar refractivity (Wildman–Crippen MR) is 36.7 cm³/mol. The summed E-state index contributed by atoms with van der Waals surface area (Å²) in [5.41, 5.74) is 0.612. The quantitative estimate of drug-likeness (QED) is 0.541. The normalized spacial score (nSPS) is 24.9. The Bertz CT molecular complexity index is 177. The summed E-state index contributed by atoms with van der Waals surface area (Å²) in [6.45, 7) is 1.66. The third-order valence-electron chi connectivity index (χ3n) is 1.32. The molecule has 0 aromatic heterocycles. The summed E-state index contributed by atoms with van der Waals surface area (Å²) in [5.74, 6) is 0. The van der Waals surface area contributed by atoms with Crippen molar-refractivity contribution < 1.29 is 10.3 Å². The summed E-state index contributed by atoms with van der Waals surface area (Å²) in [6.07, 6.45) is 2.77. The molecule has 1 rings (SSSR count). The molecular weight excluding hydrogens is 132 g/mol. The zero-order valence-electron chi connectivity index (χ0n) is 5.73. The number of aliphatic hydroxyl groups is 1. The van der Waals surface area contributed by atoms with Crippen molar-refractivity contribution in [3.05, 3.63) is 11.8 Å². The van der Waals surface area contributed by atoms with Crippen LogP contribution in [0.2, 0.25) is 0 Å². The number of hydrogen-bond acceptors (Lipinski definition) is 4. The van der Waals surface area contributed by atoms with Gasteiger partial charge in [0, 0.05) is 18.0 Å². The van der Waals surface area contributed by atoms with Gasteiger partial charge in [-0.1, -0.05) is 0 Å². The molecule has 0 spiro atoms. The summed E-state index contributed by atoms with van der Waals surface area (Å²) in [6, 6.07) is 0. The Morgan fingerprint density at radius 1 is 1.80 bits per heavy atom. The molecule has 0 saturated carbocycles. The second-order valence-corrected chi connectivity index (χ2v) is 2.15. The largest absolute Gasteiger partial charge is 0.392 e. The SMILES string of the molecule is CC1N=CC(CO)=CN1O. The fraction of sp³-hybridized carbons (Fsp3) is 0.500. The monoisotopic (exact) mass is 142 g/mol. The summed E-state index contributed by atoms with van der Waals surface area (Å²) < 4.78 is 0. The highest BCUT2D eigenvalue weighted by atomic mass is 16.5. The van der Waals surface area contributed by atoms with Crippen LogP contribution in [0.25, 0.3) is 0 Å². The van der Waals surface area contributed by atoms with Gasteiger partial charge in [0.25, 0.3) is 0 Å². The van der Waals surface area contributed by atoms with Crippen LogP contribution in [0.5, 0.6) is 0 Å². The molecule has 56 valence electrons. The zero-order chi connectivity index (χ0) is 7.56. The van der Waals surface area contributed by atoms with Gasteiger partial charge in [-0.25, -0.2) is 5.06 Å². The van der Waals surface area contributed by atoms with E-state index < -0.39 is 0 Å². The zero-order valence-corrected chi connectivity index (χ0v) is 5.73. The molecule has 0 fully saturated rings. The van der Waals surface area contributed by atoms with Crippen molar-refractivity contribution in [1.82, 2.24) is 5.06 Å². The topological polar surface area (TPSA) is 56.1 Å². The molecular formula is C6H10N2O2. The molecule has 0 amide bonds. The number of rotatable bonds is 1. The van der Waals surface area contributed by atoms with Crippen LogP contribution in [-0.2, 0) is 0 Å². The van der Waals surface area contributed by atoms with Gasteiger partial charge in [0.1, 0.15) is 6.17 Å². The van der Waals surface area contributed by atoms with Crippen LogP contribution in [-0.4, -0.2) is 34.4 Å². The molecule has 1 heterocycles. The van der Waals surface area contributed by atoms with E-state index in [1.54, 1.807) is 13.1 Å². The van der Waals surface area contributed by atoms with Crippen molar-refractivity contribution in [2.75, 3.05) is 6.61 Å². The van der Waals surface area contributed by atoms with E-state index in [2.05, 4.69) is 4.99 Å². The van der Waals surface area contributed by atoms with Gasteiger partial charge in [-0.2, -0.15) is 0 Å². The lowest BCUT2D eigenvalue weighted by Gasteiger charge is -2.20. The van der Waals surface area contributed by atoms with Crippen molar-refractivity contribution in [3.8, 4) is 0 Å². The maximum atomic E-state index is 9.01. The van der Waals surface area contributed by atoms with Crippen LogP contribution in [0, 0.1) is 0 Å². The molecule has 4 nitrogen and oxygen atoms in total. The lowest BCUT2D eigenvalue weighted by Crippen LogP contribution is -2.26. The average Bonchev–Trinajstić information content (AvgIpc) is 1.95. The van der Waals surface area contributed by atoms with Gasteiger partial charge in [0.15, 0.2) is 0 Å². The summed E-state index contributed by atoms with van der Waals surface area (Å²) in [5, 5.41) is 18.6. The second kappa shape index (κ2) is 2.81. The summed E-state index contributed by atoms with van der Waals surface area (Å²) in [7, 11) is 0. The standard InChI is InChI=1S/C6H10N2O2/c1-5-7-2-6(4-9)3-8(5)10/h2-3,5,9-10H,4H2,1H3. The first-order valence-electron chi connectivity index (χ1n) is 3.06. The molecule has 0 saturated heterocycles. The predicted octanol–water partition coefficient (Wildman–Crippen LogP) is -0.0158. The van der Waals surface area contributed by atoms with Gasteiger partial charge in [0.05, 0.1) is 6.61 Å². The molecule has 0 aliphatic carbocycles. The van der Waals surface area contributed by atoms with Crippen molar-refractivity contribution >= 4 is 6.21 Å². The Kier molecular flexibility index (Phi) is 2.03. The smallest absolute Gasteiger partial charge is 0.142 e. The van der Waals surface area contributed by atoms with E-state index in [0.29, 0.717) is 5.57 Å². The van der Waals surface area contributed by atoms with E-state index in [1.807, 2.05) is 0 Å². The summed E-state index contributed by atoms with van der Waals surface area (Å²) in [4.78, 5) is 3.89. The number of nitrogens with zero attached hydrogens (tertiary/aromatic N) is 2. The minimum Gasteiger partial charge on any atom is -0.392 e. The Labute approximate surface area is 59.1 Å². The van der Waals surface area contributed by atoms with Crippen LogP contribution >= 0.6 is 0 Å². The van der Waals surface area contributed by atoms with Crippen molar-refractivity contribution in [1.29, 1.82) is 0 Å². The van der Waals surface area contributed by atoms with Crippen LogP contribution in [0.15, 0.2) is 16.8 Å².